The maximum Gasteiger partial charge on any atom is 0.337 e. The molecule has 0 fully saturated rings. The van der Waals surface area contributed by atoms with Crippen molar-refractivity contribution in [2.45, 2.75) is 115 Å². The van der Waals surface area contributed by atoms with Crippen LogP contribution in [-0.4, -0.2) is 68.9 Å². The van der Waals surface area contributed by atoms with E-state index in [0.717, 1.165) is 37.7 Å². The second-order valence-corrected chi connectivity index (χ2v) is 11.3. The summed E-state index contributed by atoms with van der Waals surface area (Å²) in [7, 11) is 0. The molecule has 1 rings (SSSR count). The maximum absolute atomic E-state index is 13.3. The molecule has 0 aliphatic rings. The van der Waals surface area contributed by atoms with E-state index in [0.29, 0.717) is 31.4 Å². The highest BCUT2D eigenvalue weighted by molar-refractivity contribution is 5.93. The molecule has 0 aliphatic heterocycles. The Bertz CT molecular complexity index is 1140. The molecule has 10 nitrogen and oxygen atoms in total. The largest absolute Gasteiger partial charge is 0.481 e. The van der Waals surface area contributed by atoms with Crippen LogP contribution in [0.25, 0.3) is 0 Å². The van der Waals surface area contributed by atoms with Crippen LogP contribution in [0.5, 0.6) is 5.75 Å². The molecule has 1 aromatic rings. The van der Waals surface area contributed by atoms with Crippen LogP contribution in [0.15, 0.2) is 36.4 Å². The molecule has 0 bridgehead atoms. The molecule has 10 heteroatoms. The molecule has 45 heavy (non-hydrogen) atoms. The van der Waals surface area contributed by atoms with E-state index in [2.05, 4.69) is 24.1 Å². The van der Waals surface area contributed by atoms with Crippen LogP contribution in [0.2, 0.25) is 0 Å². The molecule has 1 amide bonds. The molecular formula is C35H51NO9. The zero-order chi connectivity index (χ0) is 33.5. The van der Waals surface area contributed by atoms with Crippen molar-refractivity contribution in [3.63, 3.8) is 0 Å². The smallest absolute Gasteiger partial charge is 0.337 e. The monoisotopic (exact) mass is 629 g/mol. The second-order valence-electron chi connectivity index (χ2n) is 11.3. The number of carboxylic acids is 2. The van der Waals surface area contributed by atoms with Crippen molar-refractivity contribution >= 4 is 23.6 Å². The van der Waals surface area contributed by atoms with Gasteiger partial charge in [-0.15, -0.1) is 5.92 Å². The lowest BCUT2D eigenvalue weighted by Crippen LogP contribution is -2.54. The van der Waals surface area contributed by atoms with Gasteiger partial charge in [-0.3, -0.25) is 14.4 Å². The summed E-state index contributed by atoms with van der Waals surface area (Å²) in [5.41, 5.74) is -2.15. The number of aliphatic hydroxyl groups is 2. The summed E-state index contributed by atoms with van der Waals surface area (Å²) in [5, 5.41) is 42.4. The number of carboxylic acid groups (broad SMARTS) is 2. The molecule has 1 aromatic carbocycles. The van der Waals surface area contributed by atoms with Crippen molar-refractivity contribution in [3.8, 4) is 17.6 Å². The summed E-state index contributed by atoms with van der Waals surface area (Å²) in [4.78, 5) is 48.8. The van der Waals surface area contributed by atoms with E-state index in [4.69, 9.17) is 4.74 Å². The Morgan fingerprint density at radius 2 is 1.58 bits per heavy atom. The fraction of sp³-hybridized carbons (Fsp3) is 0.600. The van der Waals surface area contributed by atoms with Crippen molar-refractivity contribution in [3.05, 3.63) is 42.0 Å². The average molecular weight is 630 g/mol. The summed E-state index contributed by atoms with van der Waals surface area (Å²) >= 11 is 0. The molecule has 0 spiro atoms. The fourth-order valence-corrected chi connectivity index (χ4v) is 4.88. The normalized spacial score (nSPS) is 13.7. The molecule has 0 aliphatic carbocycles. The number of Topliss-reactive ketones (excluding diaryl/α,β-unsaturated/α-hetero) is 1. The average Bonchev–Trinajstić information content (AvgIpc) is 3.00. The van der Waals surface area contributed by atoms with Gasteiger partial charge < -0.3 is 30.5 Å². The number of aliphatic hydroxyl groups excluding tert-OH is 1. The lowest BCUT2D eigenvalue weighted by molar-refractivity contribution is -0.172. The summed E-state index contributed by atoms with van der Waals surface area (Å²) in [6.45, 7) is 3.63. The van der Waals surface area contributed by atoms with Crippen LogP contribution in [0.1, 0.15) is 103 Å². The molecule has 0 aromatic heterocycles. The molecule has 5 N–H and O–H groups in total. The van der Waals surface area contributed by atoms with Gasteiger partial charge in [-0.05, 0) is 56.7 Å². The highest BCUT2D eigenvalue weighted by Crippen LogP contribution is 2.26. The number of nitrogens with one attached hydrogen (secondary N) is 1. The maximum atomic E-state index is 13.3. The number of amides is 1. The van der Waals surface area contributed by atoms with E-state index in [9.17, 15) is 39.6 Å². The standard InChI is InChI=1S/C35H51NO9/c1-3-5-7-10-13-16-29(38)17-14-11-8-9-12-15-18-31(35(44,34(42)43)25-32(39)40)33(41)36-28(26-37)24-27-19-21-30(22-20-27)45-23-6-4-2/h15,18-22,28,31,37,44H,3,5,7-14,16-17,23-26H2,1-2H3,(H,36,41)(H,39,40)(H,42,43)/b18-15+/t28-,31+,35-/m0/s1. The van der Waals surface area contributed by atoms with Gasteiger partial charge in [0, 0.05) is 12.8 Å². The summed E-state index contributed by atoms with van der Waals surface area (Å²) in [5.74, 6) is 0.360. The van der Waals surface area contributed by atoms with E-state index < -0.39 is 48.4 Å². The number of unbranched alkanes of at least 4 members (excludes halogenated alkanes) is 8. The first kappa shape index (κ1) is 39.3. The van der Waals surface area contributed by atoms with E-state index in [1.165, 1.54) is 25.3 Å². The molecule has 0 heterocycles. The summed E-state index contributed by atoms with van der Waals surface area (Å²) in [6.07, 6.45) is 12.2. The molecule has 0 radical (unpaired) electrons. The number of hydrogen-bond donors (Lipinski definition) is 5. The number of benzene rings is 1. The summed E-state index contributed by atoms with van der Waals surface area (Å²) in [6, 6.07) is 6.12. The van der Waals surface area contributed by atoms with E-state index >= 15 is 0 Å². The second kappa shape index (κ2) is 22.8. The Hall–Kier alpha value is -3.68. The zero-order valence-corrected chi connectivity index (χ0v) is 26.8. The van der Waals surface area contributed by atoms with Crippen LogP contribution in [0, 0.1) is 17.8 Å². The number of hydrogen-bond acceptors (Lipinski definition) is 7. The first-order valence-electron chi connectivity index (χ1n) is 16.0. The van der Waals surface area contributed by atoms with Gasteiger partial charge in [0.1, 0.15) is 18.1 Å². The number of aliphatic carboxylic acids is 2. The zero-order valence-electron chi connectivity index (χ0n) is 26.8. The molecule has 0 unspecified atom stereocenters. The number of carbonyl (C=O) groups is 4. The number of ether oxygens (including phenoxy) is 1. The minimum absolute atomic E-state index is 0.194. The lowest BCUT2D eigenvalue weighted by Gasteiger charge is -2.30. The first-order valence-corrected chi connectivity index (χ1v) is 16.0. The van der Waals surface area contributed by atoms with Crippen LogP contribution >= 0.6 is 0 Å². The SMILES string of the molecule is CC#CCOc1ccc(C[C@@H](CO)NC(=O)[C@@H](/C=C/CCCCCCC(=O)CCCCCCC)[C@@](O)(CC(=O)O)C(=O)O)cc1. The number of allylic oxidation sites excluding steroid dienone is 1. The Morgan fingerprint density at radius 1 is 0.956 bits per heavy atom. The van der Waals surface area contributed by atoms with Gasteiger partial charge in [-0.25, -0.2) is 4.79 Å². The van der Waals surface area contributed by atoms with Gasteiger partial charge in [-0.1, -0.05) is 75.7 Å². The third-order valence-corrected chi connectivity index (χ3v) is 7.51. The molecule has 3 atom stereocenters. The van der Waals surface area contributed by atoms with Gasteiger partial charge in [0.15, 0.2) is 5.60 Å². The van der Waals surface area contributed by atoms with E-state index in [1.807, 2.05) is 0 Å². The Balaban J connectivity index is 2.75. The van der Waals surface area contributed by atoms with Gasteiger partial charge in [0.2, 0.25) is 5.91 Å². The fourth-order valence-electron chi connectivity index (χ4n) is 4.88. The van der Waals surface area contributed by atoms with Crippen LogP contribution in [0.3, 0.4) is 0 Å². The predicted molar refractivity (Wildman–Crippen MR) is 172 cm³/mol. The van der Waals surface area contributed by atoms with Crippen molar-refractivity contribution < 1.29 is 44.3 Å². The highest BCUT2D eigenvalue weighted by Gasteiger charge is 2.48. The number of ketones is 1. The third kappa shape index (κ3) is 16.3. The van der Waals surface area contributed by atoms with Crippen LogP contribution in [-0.2, 0) is 25.6 Å². The first-order chi connectivity index (χ1) is 21.6. The lowest BCUT2D eigenvalue weighted by atomic mass is 9.82. The van der Waals surface area contributed by atoms with Gasteiger partial charge in [-0.2, -0.15) is 0 Å². The molecular weight excluding hydrogens is 578 g/mol. The molecule has 0 saturated carbocycles. The van der Waals surface area contributed by atoms with Gasteiger partial charge in [0.05, 0.1) is 25.0 Å². The van der Waals surface area contributed by atoms with Crippen molar-refractivity contribution in [2.24, 2.45) is 5.92 Å². The number of carbonyl (C=O) groups excluding carboxylic acids is 2. The van der Waals surface area contributed by atoms with Crippen LogP contribution in [0.4, 0.5) is 0 Å². The van der Waals surface area contributed by atoms with Crippen molar-refractivity contribution in [1.29, 1.82) is 0 Å². The summed E-state index contributed by atoms with van der Waals surface area (Å²) < 4.78 is 5.48. The quantitative estimate of drug-likeness (QED) is 0.0577. The number of rotatable bonds is 25. The Labute approximate surface area is 267 Å². The minimum atomic E-state index is -2.90. The molecule has 250 valence electrons. The Kier molecular flexibility index (Phi) is 19.9. The minimum Gasteiger partial charge on any atom is -0.481 e. The van der Waals surface area contributed by atoms with E-state index in [1.54, 1.807) is 37.3 Å². The topological polar surface area (TPSA) is 170 Å². The van der Waals surface area contributed by atoms with Gasteiger partial charge in [0.25, 0.3) is 0 Å². The van der Waals surface area contributed by atoms with Crippen molar-refractivity contribution in [2.75, 3.05) is 13.2 Å². The molecule has 0 saturated heterocycles. The van der Waals surface area contributed by atoms with Crippen molar-refractivity contribution in [1.82, 2.24) is 5.32 Å². The predicted octanol–water partition coefficient (Wildman–Crippen LogP) is 4.84. The highest BCUT2D eigenvalue weighted by atomic mass is 16.5. The van der Waals surface area contributed by atoms with Crippen LogP contribution < -0.4 is 10.1 Å². The van der Waals surface area contributed by atoms with E-state index in [-0.39, 0.29) is 18.8 Å². The Morgan fingerprint density at radius 3 is 2.13 bits per heavy atom. The van der Waals surface area contributed by atoms with Gasteiger partial charge >= 0.3 is 11.9 Å². The third-order valence-electron chi connectivity index (χ3n) is 7.51.